The molecule has 2 N–H and O–H groups in total. The lowest BCUT2D eigenvalue weighted by atomic mass is 10.0. The average molecular weight is 396 g/mol. The maximum atomic E-state index is 12.4. The Hall–Kier alpha value is -1.73. The van der Waals surface area contributed by atoms with E-state index in [-0.39, 0.29) is 18.5 Å². The molecule has 1 aromatic rings. The van der Waals surface area contributed by atoms with E-state index in [2.05, 4.69) is 15.9 Å². The van der Waals surface area contributed by atoms with Crippen LogP contribution in [0.15, 0.2) is 22.7 Å². The number of nitrogens with two attached hydrogens (primary N) is 1. The van der Waals surface area contributed by atoms with E-state index in [1.165, 1.54) is 4.90 Å². The molecule has 0 bridgehead atoms. The quantitative estimate of drug-likeness (QED) is 0.745. The molecule has 24 heavy (non-hydrogen) atoms. The number of halogens is 1. The molecule has 0 spiro atoms. The van der Waals surface area contributed by atoms with Gasteiger partial charge in [0.05, 0.1) is 11.1 Å². The first-order valence-corrected chi connectivity index (χ1v) is 8.67. The van der Waals surface area contributed by atoms with Gasteiger partial charge in [-0.05, 0) is 30.5 Å². The van der Waals surface area contributed by atoms with Gasteiger partial charge < -0.3 is 10.6 Å². The van der Waals surface area contributed by atoms with E-state index in [9.17, 15) is 14.4 Å². The molecule has 1 unspecified atom stereocenters. The molecular formula is C17H22BrN3O3. The smallest absolute Gasteiger partial charge is 0.262 e. The molecule has 0 radical (unpaired) electrons. The molecule has 0 aliphatic carbocycles. The Bertz CT molecular complexity index is 675. The Morgan fingerprint density at radius 1 is 1.25 bits per heavy atom. The van der Waals surface area contributed by atoms with Crippen molar-refractivity contribution < 1.29 is 14.4 Å². The molecule has 7 heteroatoms. The van der Waals surface area contributed by atoms with Gasteiger partial charge in [-0.2, -0.15) is 0 Å². The molecule has 0 saturated heterocycles. The first-order chi connectivity index (χ1) is 11.2. The van der Waals surface area contributed by atoms with Gasteiger partial charge in [-0.1, -0.05) is 29.8 Å². The third-order valence-corrected chi connectivity index (χ3v) is 4.80. The summed E-state index contributed by atoms with van der Waals surface area (Å²) in [5, 5.41) is 0. The summed E-state index contributed by atoms with van der Waals surface area (Å²) < 4.78 is 0.718. The number of imide groups is 1. The number of hydrogen-bond acceptors (Lipinski definition) is 4. The molecule has 1 aliphatic heterocycles. The van der Waals surface area contributed by atoms with Crippen molar-refractivity contribution >= 4 is 33.7 Å². The van der Waals surface area contributed by atoms with Crippen LogP contribution in [0, 0.1) is 5.92 Å². The fourth-order valence-corrected chi connectivity index (χ4v) is 2.82. The van der Waals surface area contributed by atoms with Gasteiger partial charge in [0.1, 0.15) is 6.54 Å². The average Bonchev–Trinajstić information content (AvgIpc) is 2.76. The summed E-state index contributed by atoms with van der Waals surface area (Å²) >= 11 is 3.28. The Labute approximate surface area is 150 Å². The molecule has 0 saturated carbocycles. The summed E-state index contributed by atoms with van der Waals surface area (Å²) in [5.74, 6) is -0.803. The molecule has 6 nitrogen and oxygen atoms in total. The van der Waals surface area contributed by atoms with Gasteiger partial charge in [0.15, 0.2) is 0 Å². The summed E-state index contributed by atoms with van der Waals surface area (Å²) in [5.41, 5.74) is 6.64. The second kappa shape index (κ2) is 7.44. The van der Waals surface area contributed by atoms with Gasteiger partial charge in [0, 0.05) is 24.1 Å². The molecule has 130 valence electrons. The molecule has 1 atom stereocenters. The minimum absolute atomic E-state index is 0.0110. The van der Waals surface area contributed by atoms with Crippen LogP contribution in [-0.2, 0) is 4.79 Å². The molecule has 1 aliphatic rings. The maximum Gasteiger partial charge on any atom is 0.262 e. The standard InChI is InChI=1S/C17H22BrN3O3/c1-10(2)14(19)6-7-20(3)15(22)9-21-16(23)12-5-4-11(18)8-13(12)17(21)24/h4-5,8,10,14H,6-7,9,19H2,1-3H3. The van der Waals surface area contributed by atoms with Crippen molar-refractivity contribution in [2.45, 2.75) is 26.3 Å². The van der Waals surface area contributed by atoms with Crippen molar-refractivity contribution in [3.05, 3.63) is 33.8 Å². The van der Waals surface area contributed by atoms with Crippen LogP contribution >= 0.6 is 15.9 Å². The summed E-state index contributed by atoms with van der Waals surface area (Å²) in [7, 11) is 1.66. The van der Waals surface area contributed by atoms with Crippen LogP contribution in [0.3, 0.4) is 0 Å². The number of benzene rings is 1. The van der Waals surface area contributed by atoms with Crippen LogP contribution in [-0.4, -0.2) is 53.7 Å². The number of fused-ring (bicyclic) bond motifs is 1. The summed E-state index contributed by atoms with van der Waals surface area (Å²) in [6.07, 6.45) is 0.676. The number of hydrogen-bond donors (Lipinski definition) is 1. The van der Waals surface area contributed by atoms with E-state index >= 15 is 0 Å². The zero-order chi connectivity index (χ0) is 18.0. The van der Waals surface area contributed by atoms with Crippen LogP contribution in [0.25, 0.3) is 0 Å². The van der Waals surface area contributed by atoms with E-state index in [0.717, 1.165) is 9.37 Å². The van der Waals surface area contributed by atoms with Gasteiger partial charge in [0.25, 0.3) is 11.8 Å². The van der Waals surface area contributed by atoms with Crippen LogP contribution in [0.4, 0.5) is 0 Å². The predicted octanol–water partition coefficient (Wildman–Crippen LogP) is 1.88. The predicted molar refractivity (Wildman–Crippen MR) is 94.6 cm³/mol. The second-order valence-electron chi connectivity index (χ2n) is 6.40. The molecule has 1 heterocycles. The zero-order valence-corrected chi connectivity index (χ0v) is 15.7. The monoisotopic (exact) mass is 395 g/mol. The summed E-state index contributed by atoms with van der Waals surface area (Å²) in [6, 6.07) is 4.91. The van der Waals surface area contributed by atoms with Gasteiger partial charge >= 0.3 is 0 Å². The third kappa shape index (κ3) is 3.84. The van der Waals surface area contributed by atoms with Gasteiger partial charge in [0.2, 0.25) is 5.91 Å². The lowest BCUT2D eigenvalue weighted by molar-refractivity contribution is -0.130. The van der Waals surface area contributed by atoms with Crippen molar-refractivity contribution in [1.82, 2.24) is 9.80 Å². The first kappa shape index (κ1) is 18.6. The Morgan fingerprint density at radius 3 is 2.50 bits per heavy atom. The first-order valence-electron chi connectivity index (χ1n) is 7.87. The summed E-state index contributed by atoms with van der Waals surface area (Å²) in [6.45, 7) is 4.30. The highest BCUT2D eigenvalue weighted by Gasteiger charge is 2.37. The van der Waals surface area contributed by atoms with Crippen LogP contribution in [0.1, 0.15) is 41.0 Å². The highest BCUT2D eigenvalue weighted by atomic mass is 79.9. The van der Waals surface area contributed by atoms with Crippen molar-refractivity contribution in [2.75, 3.05) is 20.1 Å². The normalized spacial score (nSPS) is 15.0. The van der Waals surface area contributed by atoms with Gasteiger partial charge in [-0.15, -0.1) is 0 Å². The minimum atomic E-state index is -0.433. The molecule has 1 aromatic carbocycles. The van der Waals surface area contributed by atoms with E-state index < -0.39 is 11.8 Å². The highest BCUT2D eigenvalue weighted by molar-refractivity contribution is 9.10. The number of rotatable bonds is 6. The SMILES string of the molecule is CC(C)C(N)CCN(C)C(=O)CN1C(=O)c2ccc(Br)cc2C1=O. The van der Waals surface area contributed by atoms with Crippen molar-refractivity contribution in [3.63, 3.8) is 0 Å². The molecule has 0 aromatic heterocycles. The molecule has 0 fully saturated rings. The number of likely N-dealkylation sites (N-methyl/N-ethyl adjacent to an activating group) is 1. The fourth-order valence-electron chi connectivity index (χ4n) is 2.46. The molecule has 2 rings (SSSR count). The van der Waals surface area contributed by atoms with Gasteiger partial charge in [-0.25, -0.2) is 0 Å². The molecule has 3 amide bonds. The van der Waals surface area contributed by atoms with Gasteiger partial charge in [-0.3, -0.25) is 19.3 Å². The maximum absolute atomic E-state index is 12.4. The minimum Gasteiger partial charge on any atom is -0.344 e. The molecular weight excluding hydrogens is 374 g/mol. The third-order valence-electron chi connectivity index (χ3n) is 4.31. The van der Waals surface area contributed by atoms with Crippen molar-refractivity contribution in [2.24, 2.45) is 11.7 Å². The largest absolute Gasteiger partial charge is 0.344 e. The van der Waals surface area contributed by atoms with E-state index in [4.69, 9.17) is 5.73 Å². The van der Waals surface area contributed by atoms with Crippen LogP contribution < -0.4 is 5.73 Å². The highest BCUT2D eigenvalue weighted by Crippen LogP contribution is 2.25. The van der Waals surface area contributed by atoms with E-state index in [0.29, 0.717) is 30.0 Å². The number of amides is 3. The zero-order valence-electron chi connectivity index (χ0n) is 14.1. The topological polar surface area (TPSA) is 83.7 Å². The lowest BCUT2D eigenvalue weighted by Crippen LogP contribution is -2.42. The van der Waals surface area contributed by atoms with Crippen molar-refractivity contribution in [1.29, 1.82) is 0 Å². The van der Waals surface area contributed by atoms with E-state index in [1.54, 1.807) is 25.2 Å². The Balaban J connectivity index is 2.00. The Kier molecular flexibility index (Phi) is 5.77. The van der Waals surface area contributed by atoms with Crippen LogP contribution in [0.5, 0.6) is 0 Å². The van der Waals surface area contributed by atoms with Crippen LogP contribution in [0.2, 0.25) is 0 Å². The Morgan fingerprint density at radius 2 is 1.88 bits per heavy atom. The fraction of sp³-hybridized carbons (Fsp3) is 0.471. The second-order valence-corrected chi connectivity index (χ2v) is 7.31. The summed E-state index contributed by atoms with van der Waals surface area (Å²) in [4.78, 5) is 39.5. The number of carbonyl (C=O) groups is 3. The van der Waals surface area contributed by atoms with Crippen molar-refractivity contribution in [3.8, 4) is 0 Å². The van der Waals surface area contributed by atoms with E-state index in [1.807, 2.05) is 13.8 Å². The lowest BCUT2D eigenvalue weighted by Gasteiger charge is -2.23. The number of nitrogens with zero attached hydrogens (tertiary/aromatic N) is 2. The number of carbonyl (C=O) groups excluding carboxylic acids is 3.